The van der Waals surface area contributed by atoms with Crippen molar-refractivity contribution in [1.82, 2.24) is 9.80 Å². The fourth-order valence-corrected chi connectivity index (χ4v) is 5.06. The molecular weight excluding hydrogens is 539 g/mol. The van der Waals surface area contributed by atoms with Crippen LogP contribution in [0.3, 0.4) is 0 Å². The highest BCUT2D eigenvalue weighted by molar-refractivity contribution is 9.10. The summed E-state index contributed by atoms with van der Waals surface area (Å²) in [6.45, 7) is 3.27. The molecule has 7 nitrogen and oxygen atoms in total. The van der Waals surface area contributed by atoms with Crippen LogP contribution < -0.4 is 9.47 Å². The lowest BCUT2D eigenvalue weighted by Gasteiger charge is -2.18. The van der Waals surface area contributed by atoms with E-state index in [0.29, 0.717) is 46.8 Å². The Kier molecular flexibility index (Phi) is 8.12. The van der Waals surface area contributed by atoms with E-state index in [-0.39, 0.29) is 29.8 Å². The van der Waals surface area contributed by atoms with Gasteiger partial charge in [0.15, 0.2) is 11.5 Å². The first-order chi connectivity index (χ1) is 16.9. The minimum absolute atomic E-state index is 0.0163. The number of rotatable bonds is 8. The minimum Gasteiger partial charge on any atom is -0.490 e. The Hall–Kier alpha value is -2.85. The van der Waals surface area contributed by atoms with Crippen LogP contribution in [0.4, 0.5) is 9.18 Å². The molecule has 35 heavy (non-hydrogen) atoms. The van der Waals surface area contributed by atoms with Gasteiger partial charge in [-0.1, -0.05) is 34.1 Å². The summed E-state index contributed by atoms with van der Waals surface area (Å²) in [4.78, 5) is 40.7. The van der Waals surface area contributed by atoms with Gasteiger partial charge in [0.25, 0.3) is 11.1 Å². The molecule has 4 rings (SSSR count). The molecular formula is C25H24BrFN2O5S. The quantitative estimate of drug-likeness (QED) is 0.410. The zero-order valence-electron chi connectivity index (χ0n) is 19.1. The summed E-state index contributed by atoms with van der Waals surface area (Å²) >= 11 is 4.28. The molecule has 3 amide bonds. The van der Waals surface area contributed by atoms with E-state index in [1.807, 2.05) is 6.92 Å². The van der Waals surface area contributed by atoms with Gasteiger partial charge in [-0.15, -0.1) is 0 Å². The van der Waals surface area contributed by atoms with Crippen LogP contribution in [-0.2, 0) is 16.2 Å². The van der Waals surface area contributed by atoms with Crippen molar-refractivity contribution >= 4 is 50.8 Å². The number of carbonyl (C=O) groups excluding carboxylic acids is 3. The molecule has 0 saturated carbocycles. The molecule has 2 saturated heterocycles. The molecule has 2 aromatic carbocycles. The van der Waals surface area contributed by atoms with Crippen molar-refractivity contribution in [3.8, 4) is 11.5 Å². The van der Waals surface area contributed by atoms with Crippen LogP contribution >= 0.6 is 27.7 Å². The van der Waals surface area contributed by atoms with E-state index in [4.69, 9.17) is 9.47 Å². The summed E-state index contributed by atoms with van der Waals surface area (Å²) in [5.41, 5.74) is 1.01. The molecule has 0 atom stereocenters. The van der Waals surface area contributed by atoms with E-state index in [2.05, 4.69) is 15.9 Å². The molecule has 0 bridgehead atoms. The van der Waals surface area contributed by atoms with E-state index < -0.39 is 11.1 Å². The second-order valence-corrected chi connectivity index (χ2v) is 9.84. The number of carbonyl (C=O) groups is 3. The molecule has 0 aliphatic carbocycles. The molecule has 10 heteroatoms. The van der Waals surface area contributed by atoms with Gasteiger partial charge in [0, 0.05) is 23.1 Å². The number of thioether (sulfide) groups is 1. The van der Waals surface area contributed by atoms with E-state index in [9.17, 15) is 18.8 Å². The molecule has 2 heterocycles. The molecule has 0 radical (unpaired) electrons. The van der Waals surface area contributed by atoms with Crippen molar-refractivity contribution < 1.29 is 28.2 Å². The van der Waals surface area contributed by atoms with Gasteiger partial charge in [0.2, 0.25) is 5.91 Å². The number of likely N-dealkylation sites (tertiary alicyclic amines) is 1. The molecule has 2 aliphatic rings. The van der Waals surface area contributed by atoms with Gasteiger partial charge in [-0.05, 0) is 61.4 Å². The van der Waals surface area contributed by atoms with Crippen LogP contribution in [0, 0.1) is 5.82 Å². The van der Waals surface area contributed by atoms with E-state index >= 15 is 0 Å². The molecule has 184 valence electrons. The lowest BCUT2D eigenvalue weighted by molar-refractivity contribution is -0.135. The van der Waals surface area contributed by atoms with Gasteiger partial charge < -0.3 is 14.4 Å². The lowest BCUT2D eigenvalue weighted by atomic mass is 10.1. The first-order valence-electron chi connectivity index (χ1n) is 11.2. The van der Waals surface area contributed by atoms with Crippen LogP contribution in [-0.4, -0.2) is 53.1 Å². The minimum atomic E-state index is -0.503. The molecule has 2 aromatic rings. The van der Waals surface area contributed by atoms with Crippen molar-refractivity contribution in [3.63, 3.8) is 0 Å². The monoisotopic (exact) mass is 562 g/mol. The molecule has 0 unspecified atom stereocenters. The maximum Gasteiger partial charge on any atom is 0.294 e. The number of hydrogen-bond donors (Lipinski definition) is 0. The van der Waals surface area contributed by atoms with Crippen LogP contribution in [0.5, 0.6) is 11.5 Å². The van der Waals surface area contributed by atoms with E-state index in [0.717, 1.165) is 29.5 Å². The lowest BCUT2D eigenvalue weighted by Crippen LogP contribution is -2.40. The Bertz CT molecular complexity index is 1180. The third-order valence-electron chi connectivity index (χ3n) is 5.62. The molecule has 0 spiro atoms. The molecule has 2 aliphatic heterocycles. The normalized spacial score (nSPS) is 16.9. The Labute approximate surface area is 215 Å². The largest absolute Gasteiger partial charge is 0.490 e. The number of amides is 3. The number of imide groups is 1. The predicted molar refractivity (Wildman–Crippen MR) is 135 cm³/mol. The van der Waals surface area contributed by atoms with Gasteiger partial charge in [-0.3, -0.25) is 19.3 Å². The van der Waals surface area contributed by atoms with Crippen LogP contribution in [0.2, 0.25) is 0 Å². The maximum atomic E-state index is 14.0. The van der Waals surface area contributed by atoms with Crippen LogP contribution in [0.1, 0.15) is 30.9 Å². The second-order valence-electron chi connectivity index (χ2n) is 7.99. The smallest absolute Gasteiger partial charge is 0.294 e. The maximum absolute atomic E-state index is 14.0. The molecule has 2 fully saturated rings. The number of benzene rings is 2. The van der Waals surface area contributed by atoms with E-state index in [1.165, 1.54) is 6.07 Å². The van der Waals surface area contributed by atoms with Gasteiger partial charge in [0.05, 0.1) is 11.5 Å². The van der Waals surface area contributed by atoms with Gasteiger partial charge in [-0.2, -0.15) is 0 Å². The number of ether oxygens (including phenoxy) is 2. The zero-order valence-corrected chi connectivity index (χ0v) is 21.5. The van der Waals surface area contributed by atoms with Crippen molar-refractivity contribution in [2.24, 2.45) is 0 Å². The Morgan fingerprint density at radius 2 is 1.86 bits per heavy atom. The molecule has 0 N–H and O–H groups in total. The number of nitrogens with zero attached hydrogens (tertiary/aromatic N) is 2. The van der Waals surface area contributed by atoms with Crippen molar-refractivity contribution in [2.75, 3.05) is 26.2 Å². The fraction of sp³-hybridized carbons (Fsp3) is 0.320. The van der Waals surface area contributed by atoms with E-state index in [1.54, 1.807) is 41.3 Å². The zero-order chi connectivity index (χ0) is 24.9. The summed E-state index contributed by atoms with van der Waals surface area (Å²) in [6.07, 6.45) is 3.45. The predicted octanol–water partition coefficient (Wildman–Crippen LogP) is 5.22. The first kappa shape index (κ1) is 25.2. The number of halogens is 2. The highest BCUT2D eigenvalue weighted by Gasteiger charge is 2.37. The average molecular weight is 563 g/mol. The van der Waals surface area contributed by atoms with Crippen molar-refractivity contribution in [2.45, 2.75) is 26.4 Å². The Morgan fingerprint density at radius 1 is 1.14 bits per heavy atom. The van der Waals surface area contributed by atoms with Crippen molar-refractivity contribution in [1.29, 1.82) is 0 Å². The molecule has 0 aromatic heterocycles. The average Bonchev–Trinajstić information content (AvgIpc) is 3.46. The van der Waals surface area contributed by atoms with Gasteiger partial charge in [-0.25, -0.2) is 4.39 Å². The van der Waals surface area contributed by atoms with Gasteiger partial charge >= 0.3 is 0 Å². The first-order valence-corrected chi connectivity index (χ1v) is 12.8. The van der Waals surface area contributed by atoms with Crippen molar-refractivity contribution in [3.05, 3.63) is 62.7 Å². The summed E-state index contributed by atoms with van der Waals surface area (Å²) in [6, 6.07) is 9.72. The second kappa shape index (κ2) is 11.3. The summed E-state index contributed by atoms with van der Waals surface area (Å²) < 4.78 is 26.1. The summed E-state index contributed by atoms with van der Waals surface area (Å²) in [7, 11) is 0. The van der Waals surface area contributed by atoms with Crippen LogP contribution in [0.15, 0.2) is 45.8 Å². The SMILES string of the molecule is CCOc1cc(/C=C2/SC(=O)N(CC(=O)N3CCCC3)C2=O)c(Br)cc1OCc1ccccc1F. The topological polar surface area (TPSA) is 76.2 Å². The Balaban J connectivity index is 1.52. The third kappa shape index (κ3) is 5.87. The summed E-state index contributed by atoms with van der Waals surface area (Å²) in [5.74, 6) is -0.259. The highest BCUT2D eigenvalue weighted by Crippen LogP contribution is 2.38. The number of hydrogen-bond acceptors (Lipinski definition) is 6. The summed E-state index contributed by atoms with van der Waals surface area (Å²) in [5, 5.41) is -0.472. The highest BCUT2D eigenvalue weighted by atomic mass is 79.9. The van der Waals surface area contributed by atoms with Crippen LogP contribution in [0.25, 0.3) is 6.08 Å². The fourth-order valence-electron chi connectivity index (χ4n) is 3.79. The third-order valence-corrected chi connectivity index (χ3v) is 7.21. The standard InChI is InChI=1S/C25H24BrFN2O5S/c1-2-33-20-11-17(18(26)13-21(20)34-15-16-7-3-4-8-19(16)27)12-22-24(31)29(25(32)35-22)14-23(30)28-9-5-6-10-28/h3-4,7-8,11-13H,2,5-6,9-10,14-15H2,1H3/b22-12+. The van der Waals surface area contributed by atoms with Gasteiger partial charge in [0.1, 0.15) is 19.0 Å². The Morgan fingerprint density at radius 3 is 2.57 bits per heavy atom.